The zero-order valence-electron chi connectivity index (χ0n) is 10.5. The molecule has 0 saturated carbocycles. The second-order valence-electron chi connectivity index (χ2n) is 4.50. The second-order valence-corrected chi connectivity index (χ2v) is 4.50. The molecular formula is C12H17N5O. The normalized spacial score (nSPS) is 10.8. The maximum Gasteiger partial charge on any atom is 0.239 e. The van der Waals surface area contributed by atoms with Crippen molar-refractivity contribution >= 4 is 11.6 Å². The minimum Gasteiger partial charge on any atom is -0.491 e. The van der Waals surface area contributed by atoms with Crippen LogP contribution in [0.5, 0.6) is 5.75 Å². The van der Waals surface area contributed by atoms with Gasteiger partial charge in [0, 0.05) is 5.56 Å². The van der Waals surface area contributed by atoms with Crippen LogP contribution in [0.3, 0.4) is 0 Å². The molecule has 1 aromatic heterocycles. The molecule has 0 fully saturated rings. The molecule has 0 unspecified atom stereocenters. The summed E-state index contributed by atoms with van der Waals surface area (Å²) >= 11 is 0. The van der Waals surface area contributed by atoms with Crippen LogP contribution in [0, 0.1) is 5.92 Å². The van der Waals surface area contributed by atoms with Crippen molar-refractivity contribution < 1.29 is 4.74 Å². The van der Waals surface area contributed by atoms with Crippen LogP contribution in [-0.4, -0.2) is 21.8 Å². The first-order valence-electron chi connectivity index (χ1n) is 5.77. The van der Waals surface area contributed by atoms with E-state index in [1.807, 2.05) is 12.1 Å². The van der Waals surface area contributed by atoms with Crippen molar-refractivity contribution in [3.8, 4) is 17.1 Å². The molecule has 2 aromatic rings. The van der Waals surface area contributed by atoms with Gasteiger partial charge in [-0.05, 0) is 24.1 Å². The monoisotopic (exact) mass is 247 g/mol. The molecule has 0 atom stereocenters. The van der Waals surface area contributed by atoms with Gasteiger partial charge in [0.1, 0.15) is 5.75 Å². The van der Waals surface area contributed by atoms with Crippen LogP contribution >= 0.6 is 0 Å². The van der Waals surface area contributed by atoms with E-state index in [0.717, 1.165) is 5.56 Å². The highest BCUT2D eigenvalue weighted by molar-refractivity contribution is 5.66. The number of benzene rings is 1. The zero-order valence-corrected chi connectivity index (χ0v) is 10.5. The Hall–Kier alpha value is -2.24. The molecule has 0 saturated heterocycles. The summed E-state index contributed by atoms with van der Waals surface area (Å²) in [4.78, 5) is 4.04. The van der Waals surface area contributed by atoms with Gasteiger partial charge in [-0.3, -0.25) is 5.10 Å². The highest BCUT2D eigenvalue weighted by Gasteiger charge is 2.07. The summed E-state index contributed by atoms with van der Waals surface area (Å²) in [6.45, 7) is 4.81. The van der Waals surface area contributed by atoms with E-state index < -0.39 is 0 Å². The van der Waals surface area contributed by atoms with E-state index in [1.54, 1.807) is 6.07 Å². The fraction of sp³-hybridized carbons (Fsp3) is 0.333. The maximum atomic E-state index is 5.93. The van der Waals surface area contributed by atoms with E-state index in [2.05, 4.69) is 29.0 Å². The van der Waals surface area contributed by atoms with E-state index in [4.69, 9.17) is 16.2 Å². The lowest BCUT2D eigenvalue weighted by Gasteiger charge is -2.11. The summed E-state index contributed by atoms with van der Waals surface area (Å²) in [5.41, 5.74) is 12.8. The molecule has 0 spiro atoms. The first-order chi connectivity index (χ1) is 8.56. The molecule has 0 aliphatic heterocycles. The topological polar surface area (TPSA) is 103 Å². The minimum absolute atomic E-state index is 0.212. The van der Waals surface area contributed by atoms with Crippen LogP contribution in [0.1, 0.15) is 13.8 Å². The lowest BCUT2D eigenvalue weighted by atomic mass is 10.2. The van der Waals surface area contributed by atoms with Gasteiger partial charge < -0.3 is 16.2 Å². The molecule has 96 valence electrons. The van der Waals surface area contributed by atoms with Gasteiger partial charge >= 0.3 is 0 Å². The summed E-state index contributed by atoms with van der Waals surface area (Å²) in [5, 5.41) is 6.51. The molecule has 6 nitrogen and oxygen atoms in total. The number of hydrogen-bond acceptors (Lipinski definition) is 5. The van der Waals surface area contributed by atoms with E-state index >= 15 is 0 Å². The van der Waals surface area contributed by atoms with Gasteiger partial charge in [0.15, 0.2) is 5.82 Å². The quantitative estimate of drug-likeness (QED) is 0.713. The third-order valence-electron chi connectivity index (χ3n) is 2.36. The average molecular weight is 247 g/mol. The van der Waals surface area contributed by atoms with E-state index in [9.17, 15) is 0 Å². The molecule has 1 aromatic carbocycles. The number of hydrogen-bond donors (Lipinski definition) is 3. The molecule has 0 aliphatic rings. The molecule has 18 heavy (non-hydrogen) atoms. The lowest BCUT2D eigenvalue weighted by molar-refractivity contribution is 0.272. The Morgan fingerprint density at radius 1 is 1.33 bits per heavy atom. The Kier molecular flexibility index (Phi) is 3.36. The number of anilines is 2. The molecule has 0 aliphatic carbocycles. The predicted octanol–water partition coefficient (Wildman–Crippen LogP) is 1.67. The molecule has 6 heteroatoms. The standard InChI is InChI=1S/C12H17N5O/c1-7(2)6-18-10-4-3-8(5-9(10)13)11-15-12(14)17-16-11/h3-5,7H,6,13H2,1-2H3,(H3,14,15,16,17). The number of H-pyrrole nitrogens is 1. The average Bonchev–Trinajstić information content (AvgIpc) is 2.74. The fourth-order valence-corrected chi connectivity index (χ4v) is 1.49. The maximum absolute atomic E-state index is 5.93. The summed E-state index contributed by atoms with van der Waals surface area (Å²) in [5.74, 6) is 1.94. The Bertz CT molecular complexity index is 535. The fourth-order valence-electron chi connectivity index (χ4n) is 1.49. The zero-order chi connectivity index (χ0) is 13.1. The second kappa shape index (κ2) is 4.95. The van der Waals surface area contributed by atoms with E-state index in [0.29, 0.717) is 29.8 Å². The van der Waals surface area contributed by atoms with Crippen LogP contribution in [0.4, 0.5) is 11.6 Å². The summed E-state index contributed by atoms with van der Waals surface area (Å²) in [7, 11) is 0. The van der Waals surface area contributed by atoms with Crippen LogP contribution in [-0.2, 0) is 0 Å². The molecule has 0 bridgehead atoms. The number of aromatic nitrogens is 3. The number of nitrogens with one attached hydrogen (secondary N) is 1. The predicted molar refractivity (Wildman–Crippen MR) is 71.0 cm³/mol. The van der Waals surface area contributed by atoms with Crippen LogP contribution in [0.15, 0.2) is 18.2 Å². The third kappa shape index (κ3) is 2.71. The summed E-state index contributed by atoms with van der Waals surface area (Å²) < 4.78 is 5.60. The van der Waals surface area contributed by atoms with Gasteiger partial charge in [0.2, 0.25) is 5.95 Å². The third-order valence-corrected chi connectivity index (χ3v) is 2.36. The van der Waals surface area contributed by atoms with Crippen LogP contribution in [0.2, 0.25) is 0 Å². The smallest absolute Gasteiger partial charge is 0.239 e. The number of aromatic amines is 1. The Labute approximate surface area is 105 Å². The van der Waals surface area contributed by atoms with Crippen molar-refractivity contribution in [2.45, 2.75) is 13.8 Å². The van der Waals surface area contributed by atoms with Gasteiger partial charge in [-0.2, -0.15) is 4.98 Å². The summed E-state index contributed by atoms with van der Waals surface area (Å²) in [6, 6.07) is 5.48. The van der Waals surface area contributed by atoms with Crippen molar-refractivity contribution in [1.29, 1.82) is 0 Å². The highest BCUT2D eigenvalue weighted by atomic mass is 16.5. The number of nitrogen functional groups attached to an aromatic ring is 2. The molecule has 5 N–H and O–H groups in total. The Morgan fingerprint density at radius 3 is 2.67 bits per heavy atom. The number of nitrogens with two attached hydrogens (primary N) is 2. The Balaban J connectivity index is 2.19. The SMILES string of the molecule is CC(C)COc1ccc(-c2nc(N)n[nH]2)cc1N. The molecule has 0 radical (unpaired) electrons. The van der Waals surface area contributed by atoms with Crippen LogP contribution < -0.4 is 16.2 Å². The molecule has 2 rings (SSSR count). The van der Waals surface area contributed by atoms with Gasteiger partial charge in [-0.1, -0.05) is 13.8 Å². The lowest BCUT2D eigenvalue weighted by Crippen LogP contribution is -2.06. The largest absolute Gasteiger partial charge is 0.491 e. The van der Waals surface area contributed by atoms with E-state index in [1.165, 1.54) is 0 Å². The van der Waals surface area contributed by atoms with Gasteiger partial charge in [-0.15, -0.1) is 5.10 Å². The van der Waals surface area contributed by atoms with Crippen molar-refractivity contribution in [1.82, 2.24) is 15.2 Å². The summed E-state index contributed by atoms with van der Waals surface area (Å²) in [6.07, 6.45) is 0. The van der Waals surface area contributed by atoms with Crippen molar-refractivity contribution in [3.05, 3.63) is 18.2 Å². The van der Waals surface area contributed by atoms with Crippen molar-refractivity contribution in [2.75, 3.05) is 18.1 Å². The first-order valence-corrected chi connectivity index (χ1v) is 5.77. The highest BCUT2D eigenvalue weighted by Crippen LogP contribution is 2.27. The first kappa shape index (κ1) is 12.2. The number of nitrogens with zero attached hydrogens (tertiary/aromatic N) is 2. The number of rotatable bonds is 4. The van der Waals surface area contributed by atoms with Crippen LogP contribution in [0.25, 0.3) is 11.4 Å². The number of ether oxygens (including phenoxy) is 1. The van der Waals surface area contributed by atoms with Gasteiger partial charge in [-0.25, -0.2) is 0 Å². The molecule has 0 amide bonds. The minimum atomic E-state index is 0.212. The molecule has 1 heterocycles. The van der Waals surface area contributed by atoms with E-state index in [-0.39, 0.29) is 5.95 Å². The van der Waals surface area contributed by atoms with Gasteiger partial charge in [0.25, 0.3) is 0 Å². The van der Waals surface area contributed by atoms with Gasteiger partial charge in [0.05, 0.1) is 12.3 Å². The Morgan fingerprint density at radius 2 is 2.11 bits per heavy atom. The van der Waals surface area contributed by atoms with Crippen molar-refractivity contribution in [3.63, 3.8) is 0 Å². The molecular weight excluding hydrogens is 230 g/mol. The van der Waals surface area contributed by atoms with Crippen molar-refractivity contribution in [2.24, 2.45) is 5.92 Å².